The molecular weight excluding hydrogens is 310 g/mol. The van der Waals surface area contributed by atoms with E-state index in [0.717, 1.165) is 11.1 Å². The minimum Gasteiger partial charge on any atom is -0.493 e. The average Bonchev–Trinajstić information content (AvgIpc) is 2.53. The molecule has 0 spiro atoms. The first-order valence-electron chi connectivity index (χ1n) is 7.24. The number of rotatable bonds is 5. The first-order chi connectivity index (χ1) is 11.3. The van der Waals surface area contributed by atoms with E-state index in [0.29, 0.717) is 11.3 Å². The Morgan fingerprint density at radius 1 is 0.917 bits per heavy atom. The van der Waals surface area contributed by atoms with Crippen LogP contribution in [0.2, 0.25) is 0 Å². The van der Waals surface area contributed by atoms with Gasteiger partial charge in [-0.3, -0.25) is 4.79 Å². The second-order valence-electron chi connectivity index (χ2n) is 5.39. The molecule has 0 aliphatic heterocycles. The molecule has 0 saturated heterocycles. The number of hydrogen-bond donors (Lipinski definition) is 2. The van der Waals surface area contributed by atoms with Crippen molar-refractivity contribution in [2.24, 2.45) is 0 Å². The van der Waals surface area contributed by atoms with Crippen molar-refractivity contribution in [1.82, 2.24) is 0 Å². The van der Waals surface area contributed by atoms with Crippen molar-refractivity contribution in [3.8, 4) is 11.5 Å². The topological polar surface area (TPSA) is 84.9 Å². The molecule has 0 fully saturated rings. The lowest BCUT2D eigenvalue weighted by Gasteiger charge is -2.14. The number of carboxylic acid groups (broad SMARTS) is 1. The van der Waals surface area contributed by atoms with Gasteiger partial charge in [0.2, 0.25) is 0 Å². The number of aromatic carboxylic acids is 1. The fourth-order valence-corrected chi connectivity index (χ4v) is 2.46. The van der Waals surface area contributed by atoms with Gasteiger partial charge in [-0.1, -0.05) is 17.2 Å². The Balaban J connectivity index is 2.43. The maximum absolute atomic E-state index is 12.5. The monoisotopic (exact) mass is 329 g/mol. The first kappa shape index (κ1) is 17.3. The molecule has 0 aliphatic rings. The van der Waals surface area contributed by atoms with Gasteiger partial charge in [0, 0.05) is 17.7 Å². The summed E-state index contributed by atoms with van der Waals surface area (Å²) in [6, 6.07) is 8.18. The van der Waals surface area contributed by atoms with Gasteiger partial charge < -0.3 is 19.9 Å². The zero-order valence-corrected chi connectivity index (χ0v) is 14.0. The van der Waals surface area contributed by atoms with Gasteiger partial charge in [0.15, 0.2) is 11.5 Å². The summed E-state index contributed by atoms with van der Waals surface area (Å²) in [6.45, 7) is 3.78. The summed E-state index contributed by atoms with van der Waals surface area (Å²) in [5.74, 6) is -0.958. The van der Waals surface area contributed by atoms with Crippen LogP contribution in [0.1, 0.15) is 31.8 Å². The van der Waals surface area contributed by atoms with Gasteiger partial charge in [0.05, 0.1) is 25.5 Å². The Bertz CT molecular complexity index is 778. The van der Waals surface area contributed by atoms with Crippen molar-refractivity contribution in [1.29, 1.82) is 0 Å². The predicted molar refractivity (Wildman–Crippen MR) is 90.4 cm³/mol. The maximum Gasteiger partial charge on any atom is 0.337 e. The van der Waals surface area contributed by atoms with Crippen molar-refractivity contribution in [2.75, 3.05) is 19.5 Å². The second kappa shape index (κ2) is 7.04. The van der Waals surface area contributed by atoms with Crippen molar-refractivity contribution < 1.29 is 24.2 Å². The van der Waals surface area contributed by atoms with E-state index < -0.39 is 11.9 Å². The molecule has 126 valence electrons. The maximum atomic E-state index is 12.5. The van der Waals surface area contributed by atoms with Gasteiger partial charge in [0.25, 0.3) is 5.91 Å². The van der Waals surface area contributed by atoms with Gasteiger partial charge in [-0.05, 0) is 26.0 Å². The lowest BCUT2D eigenvalue weighted by molar-refractivity contribution is 0.0697. The van der Waals surface area contributed by atoms with E-state index in [1.165, 1.54) is 26.4 Å². The molecule has 6 heteroatoms. The number of carbonyl (C=O) groups excluding carboxylic acids is 1. The number of ether oxygens (including phenoxy) is 2. The Hall–Kier alpha value is -3.02. The SMILES string of the molecule is COc1cc(NC(=O)c2cc(C)cc(C)c2)c(C(=O)O)cc1OC. The van der Waals surface area contributed by atoms with Crippen LogP contribution < -0.4 is 14.8 Å². The van der Waals surface area contributed by atoms with Crippen molar-refractivity contribution in [2.45, 2.75) is 13.8 Å². The molecule has 0 aromatic heterocycles. The van der Waals surface area contributed by atoms with Crippen LogP contribution in [-0.2, 0) is 0 Å². The number of methoxy groups -OCH3 is 2. The number of carboxylic acids is 1. The summed E-state index contributed by atoms with van der Waals surface area (Å²) in [7, 11) is 2.85. The average molecular weight is 329 g/mol. The molecule has 0 aliphatic carbocycles. The number of anilines is 1. The highest BCUT2D eigenvalue weighted by Crippen LogP contribution is 2.33. The normalized spacial score (nSPS) is 10.2. The number of aryl methyl sites for hydroxylation is 2. The van der Waals surface area contributed by atoms with Crippen molar-refractivity contribution in [3.05, 3.63) is 52.6 Å². The van der Waals surface area contributed by atoms with E-state index in [9.17, 15) is 14.7 Å². The summed E-state index contributed by atoms with van der Waals surface area (Å²) < 4.78 is 10.3. The highest BCUT2D eigenvalue weighted by Gasteiger charge is 2.18. The highest BCUT2D eigenvalue weighted by molar-refractivity contribution is 6.08. The summed E-state index contributed by atoms with van der Waals surface area (Å²) in [6.07, 6.45) is 0. The predicted octanol–water partition coefficient (Wildman–Crippen LogP) is 3.27. The molecule has 0 saturated carbocycles. The Kier molecular flexibility index (Phi) is 5.08. The molecule has 24 heavy (non-hydrogen) atoms. The number of nitrogens with one attached hydrogen (secondary N) is 1. The summed E-state index contributed by atoms with van der Waals surface area (Å²) in [5, 5.41) is 12.0. The third-order valence-electron chi connectivity index (χ3n) is 3.49. The van der Waals surface area contributed by atoms with Gasteiger partial charge in [-0.25, -0.2) is 4.79 Å². The standard InChI is InChI=1S/C18H19NO5/c1-10-5-11(2)7-12(6-10)17(20)19-14-9-16(24-4)15(23-3)8-13(14)18(21)22/h5-9H,1-4H3,(H,19,20)(H,21,22). The fourth-order valence-electron chi connectivity index (χ4n) is 2.46. The van der Waals surface area contributed by atoms with Gasteiger partial charge in [0.1, 0.15) is 0 Å². The zero-order valence-electron chi connectivity index (χ0n) is 14.0. The quantitative estimate of drug-likeness (QED) is 0.879. The van der Waals surface area contributed by atoms with Crippen LogP contribution >= 0.6 is 0 Å². The second-order valence-corrected chi connectivity index (χ2v) is 5.39. The molecule has 0 atom stereocenters. The largest absolute Gasteiger partial charge is 0.493 e. The number of hydrogen-bond acceptors (Lipinski definition) is 4. The number of amides is 1. The van der Waals surface area contributed by atoms with Crippen molar-refractivity contribution in [3.63, 3.8) is 0 Å². The molecule has 0 radical (unpaired) electrons. The van der Waals surface area contributed by atoms with Crippen LogP contribution in [0.25, 0.3) is 0 Å². The molecule has 2 aromatic carbocycles. The zero-order chi connectivity index (χ0) is 17.9. The highest BCUT2D eigenvalue weighted by atomic mass is 16.5. The van der Waals surface area contributed by atoms with E-state index in [4.69, 9.17) is 9.47 Å². The van der Waals surface area contributed by atoms with E-state index in [1.807, 2.05) is 19.9 Å². The lowest BCUT2D eigenvalue weighted by Crippen LogP contribution is -2.15. The molecule has 0 unspecified atom stereocenters. The van der Waals surface area contributed by atoms with E-state index in [2.05, 4.69) is 5.32 Å². The van der Waals surface area contributed by atoms with Gasteiger partial charge in [-0.2, -0.15) is 0 Å². The van der Waals surface area contributed by atoms with Crippen LogP contribution in [-0.4, -0.2) is 31.2 Å². The third kappa shape index (κ3) is 3.65. The third-order valence-corrected chi connectivity index (χ3v) is 3.49. The van der Waals surface area contributed by atoms with E-state index in [-0.39, 0.29) is 17.0 Å². The minimum atomic E-state index is -1.17. The Morgan fingerprint density at radius 3 is 1.96 bits per heavy atom. The molecule has 6 nitrogen and oxygen atoms in total. The molecule has 2 aromatic rings. The molecule has 0 heterocycles. The Labute approximate surface area is 140 Å². The summed E-state index contributed by atoms with van der Waals surface area (Å²) >= 11 is 0. The van der Waals surface area contributed by atoms with Crippen LogP contribution in [0.4, 0.5) is 5.69 Å². The first-order valence-corrected chi connectivity index (χ1v) is 7.24. The fraction of sp³-hybridized carbons (Fsp3) is 0.222. The smallest absolute Gasteiger partial charge is 0.337 e. The van der Waals surface area contributed by atoms with Crippen LogP contribution in [0.15, 0.2) is 30.3 Å². The molecular formula is C18H19NO5. The van der Waals surface area contributed by atoms with Crippen LogP contribution in [0.5, 0.6) is 11.5 Å². The molecule has 2 rings (SSSR count). The summed E-state index contributed by atoms with van der Waals surface area (Å²) in [5.41, 5.74) is 2.42. The van der Waals surface area contributed by atoms with E-state index in [1.54, 1.807) is 12.1 Å². The minimum absolute atomic E-state index is 0.0784. The van der Waals surface area contributed by atoms with Gasteiger partial charge >= 0.3 is 5.97 Å². The summed E-state index contributed by atoms with van der Waals surface area (Å²) in [4.78, 5) is 23.9. The number of carbonyl (C=O) groups is 2. The molecule has 1 amide bonds. The van der Waals surface area contributed by atoms with Crippen molar-refractivity contribution >= 4 is 17.6 Å². The lowest BCUT2D eigenvalue weighted by atomic mass is 10.1. The van der Waals surface area contributed by atoms with Gasteiger partial charge in [-0.15, -0.1) is 0 Å². The molecule has 0 bridgehead atoms. The molecule has 2 N–H and O–H groups in total. The number of benzene rings is 2. The van der Waals surface area contributed by atoms with Crippen LogP contribution in [0, 0.1) is 13.8 Å². The Morgan fingerprint density at radius 2 is 1.46 bits per heavy atom. The van der Waals surface area contributed by atoms with E-state index >= 15 is 0 Å². The van der Waals surface area contributed by atoms with Crippen LogP contribution in [0.3, 0.4) is 0 Å².